The Morgan fingerprint density at radius 1 is 0.661 bits per heavy atom. The van der Waals surface area contributed by atoms with Gasteiger partial charge in [0.05, 0.1) is 16.0 Å². The Bertz CT molecular complexity index is 2510. The van der Waals surface area contributed by atoms with E-state index in [1.165, 1.54) is 36.1 Å². The van der Waals surface area contributed by atoms with Crippen molar-refractivity contribution in [2.75, 3.05) is 25.7 Å². The molecule has 1 aliphatic rings. The summed E-state index contributed by atoms with van der Waals surface area (Å²) < 4.78 is 37.6. The Hall–Kier alpha value is -5.90. The Morgan fingerprint density at radius 3 is 1.84 bits per heavy atom. The lowest BCUT2D eigenvalue weighted by Crippen LogP contribution is -2.38. The van der Waals surface area contributed by atoms with Gasteiger partial charge in [-0.1, -0.05) is 88.1 Å². The Morgan fingerprint density at radius 2 is 1.25 bits per heavy atom. The Balaban J connectivity index is 0.000000177. The van der Waals surface area contributed by atoms with E-state index in [-0.39, 0.29) is 0 Å². The molecule has 3 heterocycles. The topological polar surface area (TPSA) is 99.5 Å². The van der Waals surface area contributed by atoms with Gasteiger partial charge < -0.3 is 23.4 Å². The summed E-state index contributed by atoms with van der Waals surface area (Å²) in [6, 6.07) is 33.2. The molecule has 0 bridgehead atoms. The fraction of sp³-hybridized carbons (Fsp3) is 0.277. The number of hydrogen-bond donors (Lipinski definition) is 0. The number of methoxy groups -OCH3 is 2. The second-order valence-electron chi connectivity index (χ2n) is 14.3. The van der Waals surface area contributed by atoms with Gasteiger partial charge in [-0.05, 0) is 112 Å². The fourth-order valence-electron chi connectivity index (χ4n) is 7.23. The van der Waals surface area contributed by atoms with E-state index in [0.717, 1.165) is 56.6 Å². The van der Waals surface area contributed by atoms with Crippen LogP contribution in [-0.4, -0.2) is 47.1 Å². The van der Waals surface area contributed by atoms with Crippen LogP contribution >= 0.6 is 0 Å². The molecule has 5 aromatic carbocycles. The van der Waals surface area contributed by atoms with Crippen LogP contribution in [0, 0.1) is 20.8 Å². The lowest BCUT2D eigenvalue weighted by molar-refractivity contribution is 0.185. The Kier molecular flexibility index (Phi) is 11.3. The van der Waals surface area contributed by atoms with E-state index in [1.54, 1.807) is 26.4 Å². The van der Waals surface area contributed by atoms with Gasteiger partial charge >= 0.3 is 0 Å². The minimum atomic E-state index is 0.460. The number of ether oxygens (including phenoxy) is 2. The van der Waals surface area contributed by atoms with Gasteiger partial charge in [0, 0.05) is 60.3 Å². The van der Waals surface area contributed by atoms with E-state index < -0.39 is 0 Å². The predicted molar refractivity (Wildman–Crippen MR) is 222 cm³/mol. The molecular formula is C47H49N5O4. The first-order chi connectivity index (χ1) is 28.1. The molecule has 8 rings (SSSR count). The highest BCUT2D eigenvalue weighted by Crippen LogP contribution is 2.34. The highest BCUT2D eigenvalue weighted by Gasteiger charge is 2.22. The third-order valence-corrected chi connectivity index (χ3v) is 10.1. The van der Waals surface area contributed by atoms with Crippen molar-refractivity contribution in [1.82, 2.24) is 20.3 Å². The molecule has 56 heavy (non-hydrogen) atoms. The zero-order valence-electron chi connectivity index (χ0n) is 34.9. The summed E-state index contributed by atoms with van der Waals surface area (Å²) in [4.78, 5) is 11.6. The predicted octanol–water partition coefficient (Wildman–Crippen LogP) is 11.1. The first kappa shape index (κ1) is 35.8. The minimum absolute atomic E-state index is 0.460. The quantitative estimate of drug-likeness (QED) is 0.135. The van der Waals surface area contributed by atoms with Crippen molar-refractivity contribution in [3.8, 4) is 56.8 Å². The van der Waals surface area contributed by atoms with Gasteiger partial charge in [-0.25, -0.2) is 0 Å². The number of hydrogen-bond acceptors (Lipinski definition) is 9. The van der Waals surface area contributed by atoms with Gasteiger partial charge in [-0.3, -0.25) is 0 Å². The van der Waals surface area contributed by atoms with Crippen molar-refractivity contribution in [2.45, 2.75) is 66.2 Å². The molecule has 1 unspecified atom stereocenters. The van der Waals surface area contributed by atoms with Crippen LogP contribution in [0.15, 0.2) is 118 Å². The van der Waals surface area contributed by atoms with E-state index in [1.807, 2.05) is 68.4 Å². The molecule has 1 aliphatic heterocycles. The van der Waals surface area contributed by atoms with Crippen molar-refractivity contribution in [3.05, 3.63) is 137 Å². The lowest BCUT2D eigenvalue weighted by atomic mass is 9.94. The second-order valence-corrected chi connectivity index (χ2v) is 14.3. The van der Waals surface area contributed by atoms with Crippen LogP contribution in [-0.2, 0) is 22.7 Å². The van der Waals surface area contributed by atoms with Gasteiger partial charge in [-0.2, -0.15) is 9.97 Å². The summed E-state index contributed by atoms with van der Waals surface area (Å²) >= 11 is 0. The Labute approximate surface area is 332 Å². The van der Waals surface area contributed by atoms with Crippen molar-refractivity contribution in [1.29, 1.82) is 0 Å². The van der Waals surface area contributed by atoms with Crippen LogP contribution in [0.25, 0.3) is 56.8 Å². The minimum Gasteiger partial charge on any atom is -0.380 e. The molecule has 0 N–H and O–H groups in total. The van der Waals surface area contributed by atoms with Crippen molar-refractivity contribution < 1.29 is 21.3 Å². The van der Waals surface area contributed by atoms with Gasteiger partial charge in [-0.15, -0.1) is 0 Å². The number of aryl methyl sites for hydroxylation is 3. The molecule has 0 amide bonds. The first-order valence-electron chi connectivity index (χ1n) is 20.0. The lowest BCUT2D eigenvalue weighted by Gasteiger charge is -2.36. The smallest absolute Gasteiger partial charge is 0.258 e. The van der Waals surface area contributed by atoms with Crippen LogP contribution in [0.1, 0.15) is 56.7 Å². The highest BCUT2D eigenvalue weighted by molar-refractivity contribution is 5.74. The van der Waals surface area contributed by atoms with E-state index >= 15 is 0 Å². The number of anilines is 1. The average Bonchev–Trinajstić information content (AvgIpc) is 3.93. The fourth-order valence-corrected chi connectivity index (χ4v) is 7.23. The molecule has 2 aromatic heterocycles. The van der Waals surface area contributed by atoms with Crippen LogP contribution in [0.2, 0.25) is 0 Å². The van der Waals surface area contributed by atoms with Crippen LogP contribution in [0.5, 0.6) is 0 Å². The number of aromatic nitrogens is 4. The monoisotopic (exact) mass is 749 g/mol. The largest absolute Gasteiger partial charge is 0.380 e. The number of benzene rings is 5. The molecule has 1 atom stereocenters. The summed E-state index contributed by atoms with van der Waals surface area (Å²) in [5.74, 6) is 1.99. The summed E-state index contributed by atoms with van der Waals surface area (Å²) in [5.41, 5.74) is 12.1. The maximum Gasteiger partial charge on any atom is 0.258 e. The number of piperidine rings is 1. The second kappa shape index (κ2) is 17.7. The van der Waals surface area contributed by atoms with Crippen LogP contribution < -0.4 is 4.90 Å². The molecule has 0 aliphatic carbocycles. The summed E-state index contributed by atoms with van der Waals surface area (Å²) in [7, 11) is 3.41. The summed E-state index contributed by atoms with van der Waals surface area (Å²) in [5, 5.41) is 8.27. The first-order valence-corrected chi connectivity index (χ1v) is 19.0. The zero-order chi connectivity index (χ0) is 40.8. The summed E-state index contributed by atoms with van der Waals surface area (Å²) in [6.45, 7) is 10.3. The molecule has 0 spiro atoms. The van der Waals surface area contributed by atoms with Gasteiger partial charge in [0.1, 0.15) is 0 Å². The zero-order valence-corrected chi connectivity index (χ0v) is 32.9. The van der Waals surface area contributed by atoms with E-state index in [0.29, 0.717) is 54.8 Å². The normalized spacial score (nSPS) is 14.5. The third-order valence-electron chi connectivity index (χ3n) is 10.1. The number of rotatable bonds is 10. The van der Waals surface area contributed by atoms with Gasteiger partial charge in [0.25, 0.3) is 11.8 Å². The molecule has 0 radical (unpaired) electrons. The average molecular weight is 750 g/mol. The maximum absolute atomic E-state index is 7.82. The maximum atomic E-state index is 7.82. The van der Waals surface area contributed by atoms with Crippen LogP contribution in [0.3, 0.4) is 0 Å². The molecule has 9 nitrogen and oxygen atoms in total. The molecular weight excluding hydrogens is 699 g/mol. The SMILES string of the molecule is [2H]c1ccc(-c2noc(-c3ccc(-c4ccccc4C)c(COC)c3)n2)cc1C.[2H]c1ccc(-c2noc(-c3ccc(N4CCCCC4C)c(COC)c3)n2)cc1C. The van der Waals surface area contributed by atoms with Crippen LogP contribution in [0.4, 0.5) is 5.69 Å². The molecule has 7 aromatic rings. The van der Waals surface area contributed by atoms with Crippen molar-refractivity contribution in [3.63, 3.8) is 0 Å². The van der Waals surface area contributed by atoms with Gasteiger partial charge in [0.15, 0.2) is 0 Å². The van der Waals surface area contributed by atoms with Crippen molar-refractivity contribution in [2.24, 2.45) is 0 Å². The van der Waals surface area contributed by atoms with E-state index in [4.69, 9.17) is 21.3 Å². The van der Waals surface area contributed by atoms with E-state index in [9.17, 15) is 0 Å². The number of nitrogens with zero attached hydrogens (tertiary/aromatic N) is 5. The summed E-state index contributed by atoms with van der Waals surface area (Å²) in [6.07, 6.45) is 3.74. The van der Waals surface area contributed by atoms with Gasteiger partial charge in [0.2, 0.25) is 11.6 Å². The molecule has 286 valence electrons. The molecule has 9 heteroatoms. The van der Waals surface area contributed by atoms with Crippen molar-refractivity contribution >= 4 is 5.69 Å². The molecule has 0 saturated carbocycles. The third kappa shape index (κ3) is 8.80. The molecule has 1 fully saturated rings. The van der Waals surface area contributed by atoms with E-state index in [2.05, 4.69) is 69.4 Å². The molecule has 1 saturated heterocycles. The highest BCUT2D eigenvalue weighted by atomic mass is 16.5. The standard InChI is InChI=1S/C24H22N2O2.C23H27N3O2/c1-16-7-6-9-18(13-16)23-25-24(28-26-23)19-11-12-22(20(14-19)15-27-3)21-10-5-4-8-17(21)2;1-16-7-6-9-18(13-16)22-24-23(28-25-22)19-10-11-21(20(14-19)15-27-3)26-12-5-4-8-17(26)2/h4-14H,15H2,1-3H3;6-7,9-11,13-14,17H,4-5,8,12,15H2,1-3H3/i2*7D.